The molecule has 0 bridgehead atoms. The molecule has 0 saturated carbocycles. The molecular formula is C18H13N2O+. The van der Waals surface area contributed by atoms with Crippen molar-refractivity contribution in [1.82, 2.24) is 4.40 Å². The molecule has 0 atom stereocenters. The second-order valence-electron chi connectivity index (χ2n) is 5.42. The van der Waals surface area contributed by atoms with E-state index >= 15 is 0 Å². The molecule has 0 amide bonds. The third-order valence-corrected chi connectivity index (χ3v) is 4.23. The van der Waals surface area contributed by atoms with Crippen LogP contribution in [0.3, 0.4) is 0 Å². The summed E-state index contributed by atoms with van der Waals surface area (Å²) < 4.78 is 10.6. The standard InChI is InChI=1S/C18H13N2O/c1-19-10-11-20-14-8-4-2-6-12(14)17-16(18(19)20)13-7-3-5-9-15(13)21-17/h2-11H,1H3/q+1. The van der Waals surface area contributed by atoms with E-state index in [1.807, 2.05) is 12.1 Å². The van der Waals surface area contributed by atoms with Gasteiger partial charge in [-0.25, -0.2) is 4.57 Å². The molecule has 3 heteroatoms. The molecule has 3 nitrogen and oxygen atoms in total. The van der Waals surface area contributed by atoms with Gasteiger partial charge < -0.3 is 4.42 Å². The van der Waals surface area contributed by atoms with Gasteiger partial charge >= 0.3 is 0 Å². The van der Waals surface area contributed by atoms with E-state index < -0.39 is 0 Å². The van der Waals surface area contributed by atoms with Gasteiger partial charge in [-0.1, -0.05) is 30.3 Å². The molecule has 0 fully saturated rings. The fourth-order valence-corrected chi connectivity index (χ4v) is 3.30. The van der Waals surface area contributed by atoms with Crippen LogP contribution in [0.4, 0.5) is 0 Å². The predicted octanol–water partition coefficient (Wildman–Crippen LogP) is 3.82. The van der Waals surface area contributed by atoms with Gasteiger partial charge in [0.05, 0.1) is 12.4 Å². The minimum Gasteiger partial charge on any atom is -0.455 e. The van der Waals surface area contributed by atoms with Gasteiger partial charge in [0.25, 0.3) is 5.65 Å². The van der Waals surface area contributed by atoms with Gasteiger partial charge in [-0.15, -0.1) is 0 Å². The molecule has 0 aliphatic heterocycles. The van der Waals surface area contributed by atoms with Crippen LogP contribution in [0.15, 0.2) is 65.3 Å². The maximum absolute atomic E-state index is 6.17. The molecule has 3 aromatic heterocycles. The topological polar surface area (TPSA) is 21.4 Å². The summed E-state index contributed by atoms with van der Waals surface area (Å²) in [4.78, 5) is 0. The molecule has 100 valence electrons. The van der Waals surface area contributed by atoms with Gasteiger partial charge in [0.15, 0.2) is 5.58 Å². The molecule has 2 aromatic carbocycles. The van der Waals surface area contributed by atoms with Crippen LogP contribution in [-0.4, -0.2) is 4.40 Å². The van der Waals surface area contributed by atoms with Crippen LogP contribution in [-0.2, 0) is 7.05 Å². The number of rotatable bonds is 0. The molecule has 0 N–H and O–H groups in total. The summed E-state index contributed by atoms with van der Waals surface area (Å²) in [7, 11) is 2.07. The Hall–Kier alpha value is -2.81. The van der Waals surface area contributed by atoms with Crippen molar-refractivity contribution in [2.45, 2.75) is 0 Å². The molecule has 5 rings (SSSR count). The zero-order valence-corrected chi connectivity index (χ0v) is 11.6. The Morgan fingerprint density at radius 1 is 0.952 bits per heavy atom. The number of pyridine rings is 1. The molecule has 0 saturated heterocycles. The molecule has 0 unspecified atom stereocenters. The van der Waals surface area contributed by atoms with Gasteiger partial charge in [-0.05, 0) is 18.2 Å². The molecule has 5 aromatic rings. The fourth-order valence-electron chi connectivity index (χ4n) is 3.30. The van der Waals surface area contributed by atoms with E-state index in [0.29, 0.717) is 0 Å². The van der Waals surface area contributed by atoms with Crippen LogP contribution in [0.25, 0.3) is 38.5 Å². The van der Waals surface area contributed by atoms with Crippen molar-refractivity contribution >= 4 is 38.5 Å². The summed E-state index contributed by atoms with van der Waals surface area (Å²) >= 11 is 0. The highest BCUT2D eigenvalue weighted by molar-refractivity contribution is 6.19. The molecule has 0 spiro atoms. The monoisotopic (exact) mass is 273 g/mol. The number of fused-ring (bicyclic) bond motifs is 8. The summed E-state index contributed by atoms with van der Waals surface area (Å²) in [6.45, 7) is 0. The molecular weight excluding hydrogens is 260 g/mol. The minimum absolute atomic E-state index is 0.937. The maximum atomic E-state index is 6.17. The molecule has 0 aliphatic carbocycles. The quantitative estimate of drug-likeness (QED) is 0.393. The van der Waals surface area contributed by atoms with Crippen molar-refractivity contribution < 1.29 is 8.98 Å². The molecule has 0 radical (unpaired) electrons. The Morgan fingerprint density at radius 2 is 1.71 bits per heavy atom. The molecule has 0 aliphatic rings. The summed E-state index contributed by atoms with van der Waals surface area (Å²) in [5, 5.41) is 3.49. The fraction of sp³-hybridized carbons (Fsp3) is 0.0556. The van der Waals surface area contributed by atoms with Crippen LogP contribution in [0.5, 0.6) is 0 Å². The Morgan fingerprint density at radius 3 is 2.62 bits per heavy atom. The lowest BCUT2D eigenvalue weighted by atomic mass is 10.1. The van der Waals surface area contributed by atoms with Crippen molar-refractivity contribution in [3.63, 3.8) is 0 Å². The lowest BCUT2D eigenvalue weighted by Crippen LogP contribution is -2.25. The number of hydrogen-bond acceptors (Lipinski definition) is 1. The zero-order chi connectivity index (χ0) is 14.0. The van der Waals surface area contributed by atoms with Crippen LogP contribution < -0.4 is 4.57 Å². The smallest absolute Gasteiger partial charge is 0.298 e. The van der Waals surface area contributed by atoms with E-state index in [1.54, 1.807) is 0 Å². The Bertz CT molecular complexity index is 1150. The number of para-hydroxylation sites is 2. The van der Waals surface area contributed by atoms with E-state index in [-0.39, 0.29) is 0 Å². The predicted molar refractivity (Wildman–Crippen MR) is 83.4 cm³/mol. The summed E-state index contributed by atoms with van der Waals surface area (Å²) in [6.07, 6.45) is 4.20. The van der Waals surface area contributed by atoms with Crippen LogP contribution in [0, 0.1) is 0 Å². The Kier molecular flexibility index (Phi) is 1.89. The Balaban J connectivity index is 2.27. The second-order valence-corrected chi connectivity index (χ2v) is 5.42. The largest absolute Gasteiger partial charge is 0.455 e. The number of aromatic nitrogens is 2. The maximum Gasteiger partial charge on any atom is 0.298 e. The first-order valence-electron chi connectivity index (χ1n) is 7.03. The minimum atomic E-state index is 0.937. The number of imidazole rings is 1. The Labute approximate surface area is 120 Å². The van der Waals surface area contributed by atoms with Crippen LogP contribution in [0.1, 0.15) is 0 Å². The van der Waals surface area contributed by atoms with E-state index in [9.17, 15) is 0 Å². The number of benzene rings is 2. The number of aryl methyl sites for hydroxylation is 1. The van der Waals surface area contributed by atoms with E-state index in [1.165, 1.54) is 10.9 Å². The summed E-state index contributed by atoms with van der Waals surface area (Å²) in [5.41, 5.74) is 4.23. The number of furan rings is 1. The molecule has 21 heavy (non-hydrogen) atoms. The first kappa shape index (κ1) is 10.9. The van der Waals surface area contributed by atoms with Crippen LogP contribution >= 0.6 is 0 Å². The average molecular weight is 273 g/mol. The van der Waals surface area contributed by atoms with E-state index in [2.05, 4.69) is 64.8 Å². The highest BCUT2D eigenvalue weighted by Crippen LogP contribution is 2.35. The summed E-state index contributed by atoms with van der Waals surface area (Å²) in [6, 6.07) is 16.6. The number of nitrogens with zero attached hydrogens (tertiary/aromatic N) is 2. The lowest BCUT2D eigenvalue weighted by molar-refractivity contribution is -0.643. The van der Waals surface area contributed by atoms with Gasteiger partial charge in [-0.3, -0.25) is 0 Å². The number of hydrogen-bond donors (Lipinski definition) is 0. The highest BCUT2D eigenvalue weighted by atomic mass is 16.3. The van der Waals surface area contributed by atoms with Crippen LogP contribution in [0.2, 0.25) is 0 Å². The zero-order valence-electron chi connectivity index (χ0n) is 11.6. The van der Waals surface area contributed by atoms with Crippen molar-refractivity contribution in [2.24, 2.45) is 7.05 Å². The third kappa shape index (κ3) is 1.26. The van der Waals surface area contributed by atoms with Gasteiger partial charge in [0.2, 0.25) is 0 Å². The van der Waals surface area contributed by atoms with Gasteiger partial charge in [0, 0.05) is 5.39 Å². The van der Waals surface area contributed by atoms with Crippen molar-refractivity contribution in [1.29, 1.82) is 0 Å². The average Bonchev–Trinajstić information content (AvgIpc) is 3.08. The van der Waals surface area contributed by atoms with Crippen molar-refractivity contribution in [2.75, 3.05) is 0 Å². The SMILES string of the molecule is C[n+]1ccn2c3ccccc3c3oc4ccccc4c3c21. The third-order valence-electron chi connectivity index (χ3n) is 4.23. The lowest BCUT2D eigenvalue weighted by Gasteiger charge is -1.99. The highest BCUT2D eigenvalue weighted by Gasteiger charge is 2.22. The van der Waals surface area contributed by atoms with Crippen molar-refractivity contribution in [3.8, 4) is 0 Å². The summed E-state index contributed by atoms with van der Waals surface area (Å²) in [5.74, 6) is 0. The normalized spacial score (nSPS) is 12.0. The van der Waals surface area contributed by atoms with Gasteiger partial charge in [-0.2, -0.15) is 4.40 Å². The van der Waals surface area contributed by atoms with Gasteiger partial charge in [0.1, 0.15) is 28.9 Å². The second kappa shape index (κ2) is 3.64. The molecule has 3 heterocycles. The first-order chi connectivity index (χ1) is 10.3. The first-order valence-corrected chi connectivity index (χ1v) is 7.03. The van der Waals surface area contributed by atoms with E-state index in [4.69, 9.17) is 4.42 Å². The van der Waals surface area contributed by atoms with Crippen molar-refractivity contribution in [3.05, 3.63) is 60.9 Å². The van der Waals surface area contributed by atoms with E-state index in [0.717, 1.165) is 27.6 Å².